The van der Waals surface area contributed by atoms with E-state index in [-0.39, 0.29) is 17.3 Å². The molecule has 188 valence electrons. The van der Waals surface area contributed by atoms with Gasteiger partial charge in [-0.2, -0.15) is 13.2 Å². The number of aromatic nitrogens is 2. The van der Waals surface area contributed by atoms with E-state index < -0.39 is 11.7 Å². The van der Waals surface area contributed by atoms with E-state index in [0.29, 0.717) is 36.6 Å². The van der Waals surface area contributed by atoms with Gasteiger partial charge in [-0.3, -0.25) is 0 Å². The lowest BCUT2D eigenvalue weighted by atomic mass is 9.98. The highest BCUT2D eigenvalue weighted by molar-refractivity contribution is 5.82. The number of alkyl halides is 3. The Labute approximate surface area is 205 Å². The number of pyridine rings is 2. The molecule has 0 spiro atoms. The van der Waals surface area contributed by atoms with Crippen LogP contribution >= 0.6 is 0 Å². The number of nitrogens with zero attached hydrogens (tertiary/aromatic N) is 3. The largest absolute Gasteiger partial charge is 0.417 e. The Bertz CT molecular complexity index is 1030. The van der Waals surface area contributed by atoms with Gasteiger partial charge in [0.2, 0.25) is 0 Å². The maximum Gasteiger partial charge on any atom is 0.417 e. The van der Waals surface area contributed by atoms with E-state index in [1.165, 1.54) is 6.08 Å². The topological polar surface area (TPSA) is 65.1 Å². The Morgan fingerprint density at radius 1 is 1.14 bits per heavy atom. The van der Waals surface area contributed by atoms with Crippen LogP contribution in [0, 0.1) is 0 Å². The van der Waals surface area contributed by atoms with Gasteiger partial charge in [0.1, 0.15) is 11.6 Å². The van der Waals surface area contributed by atoms with Crippen molar-refractivity contribution in [2.45, 2.75) is 31.5 Å². The van der Waals surface area contributed by atoms with E-state index in [4.69, 9.17) is 0 Å². The molecule has 2 aromatic rings. The van der Waals surface area contributed by atoms with Crippen LogP contribution in [0.15, 0.2) is 50.2 Å². The van der Waals surface area contributed by atoms with Crippen LogP contribution in [0.3, 0.4) is 0 Å². The third kappa shape index (κ3) is 7.32. The summed E-state index contributed by atoms with van der Waals surface area (Å²) in [5.74, 6) is 1.10. The summed E-state index contributed by atoms with van der Waals surface area (Å²) >= 11 is 0. The van der Waals surface area contributed by atoms with Crippen LogP contribution in [-0.4, -0.2) is 60.3 Å². The lowest BCUT2D eigenvalue weighted by Gasteiger charge is -2.31. The molecule has 0 aliphatic carbocycles. The molecule has 3 heterocycles. The molecular weight excluding hydrogens is 453 g/mol. The fraction of sp³-hybridized carbons (Fsp3) is 0.385. The molecule has 0 bridgehead atoms. The van der Waals surface area contributed by atoms with Crippen molar-refractivity contribution in [3.05, 3.63) is 67.0 Å². The summed E-state index contributed by atoms with van der Waals surface area (Å²) in [6.45, 7) is 14.2. The molecule has 1 aliphatic rings. The quantitative estimate of drug-likeness (QED) is 0.377. The van der Waals surface area contributed by atoms with Gasteiger partial charge in [-0.05, 0) is 57.6 Å². The van der Waals surface area contributed by atoms with E-state index in [1.54, 1.807) is 12.3 Å². The third-order valence-corrected chi connectivity index (χ3v) is 5.94. The SMILES string of the molecule is C=Cc1c(C(=C)NC2CCN(C)CC2)cc(NCCCNc2ccccn2)nc1C(=C)C(F)(F)F. The number of hydrogen-bond donors (Lipinski definition) is 3. The molecule has 0 atom stereocenters. The Morgan fingerprint density at radius 3 is 2.43 bits per heavy atom. The van der Waals surface area contributed by atoms with E-state index in [1.807, 2.05) is 18.2 Å². The van der Waals surface area contributed by atoms with Gasteiger partial charge in [-0.25, -0.2) is 9.97 Å². The Hall–Kier alpha value is -3.33. The molecule has 0 unspecified atom stereocenters. The molecule has 1 saturated heterocycles. The van der Waals surface area contributed by atoms with Gasteiger partial charge >= 0.3 is 6.18 Å². The summed E-state index contributed by atoms with van der Waals surface area (Å²) in [6.07, 6.45) is 1.05. The number of piperidine rings is 1. The molecule has 2 aromatic heterocycles. The fourth-order valence-electron chi connectivity index (χ4n) is 3.93. The van der Waals surface area contributed by atoms with Gasteiger partial charge in [-0.1, -0.05) is 31.9 Å². The van der Waals surface area contributed by atoms with Crippen molar-refractivity contribution in [2.75, 3.05) is 43.9 Å². The van der Waals surface area contributed by atoms with Gasteiger partial charge in [0.25, 0.3) is 0 Å². The molecule has 0 radical (unpaired) electrons. The van der Waals surface area contributed by atoms with Crippen molar-refractivity contribution < 1.29 is 13.2 Å². The smallest absolute Gasteiger partial charge is 0.382 e. The second-order valence-electron chi connectivity index (χ2n) is 8.62. The van der Waals surface area contributed by atoms with Crippen LogP contribution < -0.4 is 16.0 Å². The zero-order valence-electron chi connectivity index (χ0n) is 20.1. The average molecular weight is 487 g/mol. The van der Waals surface area contributed by atoms with Crippen LogP contribution in [0.5, 0.6) is 0 Å². The van der Waals surface area contributed by atoms with Crippen molar-refractivity contribution in [3.8, 4) is 0 Å². The van der Waals surface area contributed by atoms with Crippen molar-refractivity contribution in [1.82, 2.24) is 20.2 Å². The maximum atomic E-state index is 13.6. The summed E-state index contributed by atoms with van der Waals surface area (Å²) in [7, 11) is 2.07. The van der Waals surface area contributed by atoms with E-state index in [2.05, 4.69) is 57.6 Å². The second-order valence-corrected chi connectivity index (χ2v) is 8.62. The van der Waals surface area contributed by atoms with Gasteiger partial charge < -0.3 is 20.9 Å². The van der Waals surface area contributed by atoms with Crippen LogP contribution in [0.25, 0.3) is 17.3 Å². The summed E-state index contributed by atoms with van der Waals surface area (Å²) in [5.41, 5.74) is 0.0863. The Kier molecular flexibility index (Phi) is 8.92. The van der Waals surface area contributed by atoms with Crippen molar-refractivity contribution in [1.29, 1.82) is 0 Å². The Balaban J connectivity index is 1.77. The highest BCUT2D eigenvalue weighted by atomic mass is 19.4. The molecule has 3 N–H and O–H groups in total. The Morgan fingerprint density at radius 2 is 1.83 bits per heavy atom. The molecule has 0 aromatic carbocycles. The van der Waals surface area contributed by atoms with Gasteiger partial charge in [0.15, 0.2) is 0 Å². The first-order valence-electron chi connectivity index (χ1n) is 11.7. The van der Waals surface area contributed by atoms with E-state index in [9.17, 15) is 13.2 Å². The van der Waals surface area contributed by atoms with Crippen LogP contribution in [0.2, 0.25) is 0 Å². The number of hydrogen-bond acceptors (Lipinski definition) is 6. The van der Waals surface area contributed by atoms with E-state index in [0.717, 1.165) is 31.7 Å². The average Bonchev–Trinajstić information content (AvgIpc) is 2.84. The number of halogens is 3. The van der Waals surface area contributed by atoms with Gasteiger partial charge in [0, 0.05) is 42.2 Å². The number of rotatable bonds is 11. The normalized spacial score (nSPS) is 14.9. The summed E-state index contributed by atoms with van der Waals surface area (Å²) < 4.78 is 40.8. The standard InChI is InChI=1S/C26H33F3N6/c1-5-21-22(19(3)33-20-10-15-35(4)16-11-20)17-24(34-25(21)18(2)26(27,28)29)32-14-8-13-31-23-9-6-7-12-30-23/h5-7,9,12,17,20,33H,1-3,8,10-11,13-16H2,4H3,(H,30,31)(H,32,34). The minimum Gasteiger partial charge on any atom is -0.382 e. The second kappa shape index (κ2) is 11.9. The molecular formula is C26H33F3N6. The van der Waals surface area contributed by atoms with Crippen LogP contribution in [0.4, 0.5) is 24.8 Å². The summed E-state index contributed by atoms with van der Waals surface area (Å²) in [6, 6.07) is 7.52. The molecule has 1 aliphatic heterocycles. The lowest BCUT2D eigenvalue weighted by Crippen LogP contribution is -2.40. The van der Waals surface area contributed by atoms with Crippen LogP contribution in [-0.2, 0) is 0 Å². The molecule has 0 saturated carbocycles. The number of anilines is 2. The van der Waals surface area contributed by atoms with Gasteiger partial charge in [-0.15, -0.1) is 0 Å². The van der Waals surface area contributed by atoms with Crippen molar-refractivity contribution in [2.24, 2.45) is 0 Å². The number of allylic oxidation sites excluding steroid dienone is 1. The van der Waals surface area contributed by atoms with Gasteiger partial charge in [0.05, 0.1) is 11.3 Å². The predicted octanol–water partition coefficient (Wildman–Crippen LogP) is 5.26. The van der Waals surface area contributed by atoms with E-state index >= 15 is 0 Å². The molecule has 0 amide bonds. The maximum absolute atomic E-state index is 13.6. The minimum absolute atomic E-state index is 0.202. The first-order chi connectivity index (χ1) is 16.7. The molecule has 9 heteroatoms. The fourth-order valence-corrected chi connectivity index (χ4v) is 3.93. The number of nitrogens with one attached hydrogen (secondary N) is 3. The third-order valence-electron chi connectivity index (χ3n) is 5.94. The van der Waals surface area contributed by atoms with Crippen LogP contribution in [0.1, 0.15) is 36.1 Å². The minimum atomic E-state index is -4.62. The highest BCUT2D eigenvalue weighted by Crippen LogP contribution is 2.36. The molecule has 1 fully saturated rings. The van der Waals surface area contributed by atoms with Crippen molar-refractivity contribution >= 4 is 29.0 Å². The highest BCUT2D eigenvalue weighted by Gasteiger charge is 2.36. The molecule has 35 heavy (non-hydrogen) atoms. The summed E-state index contributed by atoms with van der Waals surface area (Å²) in [5, 5.41) is 9.75. The zero-order valence-corrected chi connectivity index (χ0v) is 20.1. The van der Waals surface area contributed by atoms with Crippen molar-refractivity contribution in [3.63, 3.8) is 0 Å². The first kappa shape index (κ1) is 26.3. The zero-order chi connectivity index (χ0) is 25.4. The lowest BCUT2D eigenvalue weighted by molar-refractivity contribution is -0.0689. The monoisotopic (exact) mass is 486 g/mol. The summed E-state index contributed by atoms with van der Waals surface area (Å²) in [4.78, 5) is 10.7. The molecule has 6 nitrogen and oxygen atoms in total. The molecule has 3 rings (SSSR count). The first-order valence-corrected chi connectivity index (χ1v) is 11.7. The number of likely N-dealkylation sites (tertiary alicyclic amines) is 1. The predicted molar refractivity (Wildman–Crippen MR) is 138 cm³/mol.